The molecule has 0 bridgehead atoms. The molecule has 2 unspecified atom stereocenters. The van der Waals surface area contributed by atoms with Gasteiger partial charge in [0.1, 0.15) is 4.21 Å². The quantitative estimate of drug-likeness (QED) is 0.918. The van der Waals surface area contributed by atoms with Crippen molar-refractivity contribution in [1.29, 1.82) is 0 Å². The summed E-state index contributed by atoms with van der Waals surface area (Å²) in [4.78, 5) is 0.706. The van der Waals surface area contributed by atoms with E-state index in [-0.39, 0.29) is 18.8 Å². The van der Waals surface area contributed by atoms with Crippen LogP contribution in [0.1, 0.15) is 30.7 Å². The number of hydrogen-bond acceptors (Lipinski definition) is 5. The van der Waals surface area contributed by atoms with Crippen molar-refractivity contribution in [1.82, 2.24) is 4.31 Å². The molecule has 114 valence electrons. The number of rotatable bonds is 4. The number of aryl methyl sites for hydroxylation is 1. The predicted molar refractivity (Wildman–Crippen MR) is 78.4 cm³/mol. The number of sulfonamides is 1. The number of nitrogens with zero attached hydrogens (tertiary/aromatic N) is 1. The van der Waals surface area contributed by atoms with E-state index in [9.17, 15) is 13.5 Å². The molecule has 2 atom stereocenters. The number of thiophene rings is 1. The van der Waals surface area contributed by atoms with Crippen LogP contribution in [0.15, 0.2) is 10.3 Å². The van der Waals surface area contributed by atoms with Crippen molar-refractivity contribution in [2.45, 2.75) is 50.2 Å². The molecule has 1 aliphatic rings. The molecular weight excluding hydrogens is 298 g/mol. The Bertz CT molecular complexity index is 567. The SMILES string of the molecule is CCC1COC(C)CN1S(=O)(=O)c1cc(C)c(CO)s1. The van der Waals surface area contributed by atoms with E-state index in [0.717, 1.165) is 23.3 Å². The zero-order valence-corrected chi connectivity index (χ0v) is 13.6. The van der Waals surface area contributed by atoms with Gasteiger partial charge in [-0.25, -0.2) is 8.42 Å². The number of aliphatic hydroxyl groups is 1. The molecule has 1 N–H and O–H groups in total. The number of hydrogen-bond donors (Lipinski definition) is 1. The second-order valence-electron chi connectivity index (χ2n) is 5.11. The van der Waals surface area contributed by atoms with Crippen LogP contribution in [-0.4, -0.2) is 43.1 Å². The Morgan fingerprint density at radius 2 is 2.25 bits per heavy atom. The van der Waals surface area contributed by atoms with Gasteiger partial charge in [-0.3, -0.25) is 0 Å². The maximum absolute atomic E-state index is 12.8. The minimum absolute atomic E-state index is 0.0917. The Balaban J connectivity index is 2.36. The smallest absolute Gasteiger partial charge is 0.252 e. The molecule has 1 saturated heterocycles. The van der Waals surface area contributed by atoms with Crippen molar-refractivity contribution in [2.24, 2.45) is 0 Å². The third-order valence-electron chi connectivity index (χ3n) is 3.59. The molecule has 1 aromatic heterocycles. The van der Waals surface area contributed by atoms with Gasteiger partial charge in [-0.05, 0) is 31.9 Å². The van der Waals surface area contributed by atoms with Crippen LogP contribution in [0.25, 0.3) is 0 Å². The zero-order valence-electron chi connectivity index (χ0n) is 12.0. The number of morpholine rings is 1. The molecule has 0 aromatic carbocycles. The highest BCUT2D eigenvalue weighted by Gasteiger charge is 2.36. The summed E-state index contributed by atoms with van der Waals surface area (Å²) in [7, 11) is -3.51. The van der Waals surface area contributed by atoms with Crippen LogP contribution in [0.4, 0.5) is 0 Å². The van der Waals surface area contributed by atoms with Gasteiger partial charge in [0, 0.05) is 17.5 Å². The highest BCUT2D eigenvalue weighted by molar-refractivity contribution is 7.91. The predicted octanol–water partition coefficient (Wildman–Crippen LogP) is 1.74. The molecule has 0 spiro atoms. The molecule has 0 saturated carbocycles. The molecule has 5 nitrogen and oxygen atoms in total. The molecule has 2 rings (SSSR count). The van der Waals surface area contributed by atoms with Gasteiger partial charge >= 0.3 is 0 Å². The summed E-state index contributed by atoms with van der Waals surface area (Å²) < 4.78 is 33.0. The Hall–Kier alpha value is -0.470. The van der Waals surface area contributed by atoms with Crippen LogP contribution in [0.2, 0.25) is 0 Å². The van der Waals surface area contributed by atoms with E-state index < -0.39 is 10.0 Å². The molecule has 1 aromatic rings. The molecule has 1 fully saturated rings. The Morgan fingerprint density at radius 1 is 1.55 bits per heavy atom. The highest BCUT2D eigenvalue weighted by atomic mass is 32.2. The van der Waals surface area contributed by atoms with Crippen molar-refractivity contribution in [3.8, 4) is 0 Å². The minimum atomic E-state index is -3.51. The fourth-order valence-electron chi connectivity index (χ4n) is 2.32. The summed E-state index contributed by atoms with van der Waals surface area (Å²) in [6.45, 7) is 6.36. The van der Waals surface area contributed by atoms with Crippen LogP contribution < -0.4 is 0 Å². The van der Waals surface area contributed by atoms with E-state index in [1.54, 1.807) is 10.4 Å². The summed E-state index contributed by atoms with van der Waals surface area (Å²) in [6.07, 6.45) is 0.634. The standard InChI is InChI=1S/C13H21NO4S2/c1-4-11-8-18-10(3)6-14(11)20(16,17)13-5-9(2)12(7-15)19-13/h5,10-11,15H,4,6-8H2,1-3H3. The lowest BCUT2D eigenvalue weighted by Crippen LogP contribution is -2.50. The van der Waals surface area contributed by atoms with E-state index >= 15 is 0 Å². The molecular formula is C13H21NO4S2. The average Bonchev–Trinajstić information content (AvgIpc) is 2.80. The zero-order chi connectivity index (χ0) is 14.9. The highest BCUT2D eigenvalue weighted by Crippen LogP contribution is 2.31. The van der Waals surface area contributed by atoms with Crippen LogP contribution in [0.5, 0.6) is 0 Å². The lowest BCUT2D eigenvalue weighted by atomic mass is 10.2. The summed E-state index contributed by atoms with van der Waals surface area (Å²) in [5.74, 6) is 0. The van der Waals surface area contributed by atoms with Gasteiger partial charge in [0.2, 0.25) is 0 Å². The largest absolute Gasteiger partial charge is 0.391 e. The van der Waals surface area contributed by atoms with Crippen molar-refractivity contribution in [2.75, 3.05) is 13.2 Å². The first-order chi connectivity index (χ1) is 9.40. The number of ether oxygens (including phenoxy) is 1. The molecule has 0 radical (unpaired) electrons. The lowest BCUT2D eigenvalue weighted by Gasteiger charge is -2.36. The van der Waals surface area contributed by atoms with Crippen molar-refractivity contribution < 1.29 is 18.3 Å². The summed E-state index contributed by atoms with van der Waals surface area (Å²) >= 11 is 1.15. The summed E-state index contributed by atoms with van der Waals surface area (Å²) in [5.41, 5.74) is 0.824. The van der Waals surface area contributed by atoms with Crippen molar-refractivity contribution in [3.63, 3.8) is 0 Å². The van der Waals surface area contributed by atoms with Crippen molar-refractivity contribution in [3.05, 3.63) is 16.5 Å². The molecule has 7 heteroatoms. The maximum Gasteiger partial charge on any atom is 0.252 e. The van der Waals surface area contributed by atoms with Gasteiger partial charge in [-0.1, -0.05) is 6.92 Å². The first-order valence-corrected chi connectivity index (χ1v) is 8.99. The van der Waals surface area contributed by atoms with Crippen LogP contribution >= 0.6 is 11.3 Å². The fraction of sp³-hybridized carbons (Fsp3) is 0.692. The monoisotopic (exact) mass is 319 g/mol. The second-order valence-corrected chi connectivity index (χ2v) is 8.36. The van der Waals surface area contributed by atoms with E-state index in [1.165, 1.54) is 0 Å². The van der Waals surface area contributed by atoms with Crippen LogP contribution in [-0.2, 0) is 21.4 Å². The van der Waals surface area contributed by atoms with Gasteiger partial charge in [0.05, 0.1) is 19.3 Å². The van der Waals surface area contributed by atoms with E-state index in [2.05, 4.69) is 0 Å². The number of aliphatic hydroxyl groups excluding tert-OH is 1. The molecule has 20 heavy (non-hydrogen) atoms. The van der Waals surface area contributed by atoms with E-state index in [4.69, 9.17) is 4.74 Å². The lowest BCUT2D eigenvalue weighted by molar-refractivity contribution is -0.0229. The normalized spacial score (nSPS) is 25.0. The van der Waals surface area contributed by atoms with Gasteiger partial charge in [0.15, 0.2) is 0 Å². The molecule has 1 aliphatic heterocycles. The Labute approximate surface area is 124 Å². The average molecular weight is 319 g/mol. The molecule has 2 heterocycles. The fourth-order valence-corrected chi connectivity index (χ4v) is 5.66. The maximum atomic E-state index is 12.8. The van der Waals surface area contributed by atoms with Gasteiger partial charge in [0.25, 0.3) is 10.0 Å². The minimum Gasteiger partial charge on any atom is -0.391 e. The third kappa shape index (κ3) is 2.92. The summed E-state index contributed by atoms with van der Waals surface area (Å²) in [6, 6.07) is 1.54. The van der Waals surface area contributed by atoms with Crippen molar-refractivity contribution >= 4 is 21.4 Å². The third-order valence-corrected chi connectivity index (χ3v) is 7.18. The Kier molecular flexibility index (Phi) is 4.86. The van der Waals surface area contributed by atoms with E-state index in [0.29, 0.717) is 22.2 Å². The summed E-state index contributed by atoms with van der Waals surface area (Å²) in [5, 5.41) is 9.23. The van der Waals surface area contributed by atoms with Crippen LogP contribution in [0, 0.1) is 6.92 Å². The van der Waals surface area contributed by atoms with Gasteiger partial charge in [-0.15, -0.1) is 11.3 Å². The second kappa shape index (κ2) is 6.11. The first kappa shape index (κ1) is 15.9. The molecule has 0 amide bonds. The Morgan fingerprint density at radius 3 is 2.80 bits per heavy atom. The van der Waals surface area contributed by atoms with E-state index in [1.807, 2.05) is 20.8 Å². The first-order valence-electron chi connectivity index (χ1n) is 6.73. The topological polar surface area (TPSA) is 66.8 Å². The van der Waals surface area contributed by atoms with Gasteiger partial charge in [-0.2, -0.15) is 4.31 Å². The molecule has 0 aliphatic carbocycles. The van der Waals surface area contributed by atoms with Crippen LogP contribution in [0.3, 0.4) is 0 Å². The van der Waals surface area contributed by atoms with Gasteiger partial charge < -0.3 is 9.84 Å².